The number of nitrogens with zero attached hydrogens (tertiary/aromatic N) is 1. The first-order chi connectivity index (χ1) is 7.81. The Morgan fingerprint density at radius 2 is 2.12 bits per heavy atom. The monoisotopic (exact) mass is 219 g/mol. The first-order valence-corrected chi connectivity index (χ1v) is 5.60. The smallest absolute Gasteiger partial charge is 0.262 e. The van der Waals surface area contributed by atoms with E-state index >= 15 is 0 Å². The van der Waals surface area contributed by atoms with E-state index in [1.165, 1.54) is 31.7 Å². The van der Waals surface area contributed by atoms with Crippen LogP contribution in [0.4, 0.5) is 10.1 Å². The summed E-state index contributed by atoms with van der Waals surface area (Å²) in [4.78, 5) is 3.17. The van der Waals surface area contributed by atoms with Crippen LogP contribution in [0.5, 0.6) is 5.75 Å². The summed E-state index contributed by atoms with van der Waals surface area (Å²) in [6, 6.07) is 4.52. The van der Waals surface area contributed by atoms with Crippen LogP contribution < -0.4 is 4.74 Å². The van der Waals surface area contributed by atoms with E-state index in [4.69, 9.17) is 11.3 Å². The molecule has 0 aliphatic heterocycles. The molecule has 0 aromatic heterocycles. The molecular formula is C13H14FNO. The van der Waals surface area contributed by atoms with E-state index in [0.29, 0.717) is 18.3 Å². The second kappa shape index (κ2) is 4.98. The predicted octanol–water partition coefficient (Wildman–Crippen LogP) is 3.95. The number of hydrogen-bond acceptors (Lipinski definition) is 1. The number of rotatable bonds is 3. The first-order valence-electron chi connectivity index (χ1n) is 5.60. The van der Waals surface area contributed by atoms with Crippen molar-refractivity contribution in [2.45, 2.75) is 25.7 Å². The van der Waals surface area contributed by atoms with E-state index in [9.17, 15) is 4.39 Å². The zero-order valence-corrected chi connectivity index (χ0v) is 9.08. The summed E-state index contributed by atoms with van der Waals surface area (Å²) in [6.45, 7) is 7.52. The molecule has 1 aliphatic rings. The van der Waals surface area contributed by atoms with Gasteiger partial charge in [0.05, 0.1) is 13.2 Å². The third kappa shape index (κ3) is 2.33. The van der Waals surface area contributed by atoms with Crippen molar-refractivity contribution in [1.82, 2.24) is 0 Å². The van der Waals surface area contributed by atoms with Crippen LogP contribution in [0, 0.1) is 18.3 Å². The number of hydrogen-bond donors (Lipinski definition) is 0. The van der Waals surface area contributed by atoms with Crippen LogP contribution in [0.3, 0.4) is 0 Å². The lowest BCUT2D eigenvalue weighted by atomic mass is 10.1. The summed E-state index contributed by atoms with van der Waals surface area (Å²) >= 11 is 0. The summed E-state index contributed by atoms with van der Waals surface area (Å²) in [5.41, 5.74) is 0.000460. The molecule has 0 radical (unpaired) electrons. The van der Waals surface area contributed by atoms with Crippen molar-refractivity contribution in [1.29, 1.82) is 0 Å². The fraction of sp³-hybridized carbons (Fsp3) is 0.462. The molecule has 16 heavy (non-hydrogen) atoms. The van der Waals surface area contributed by atoms with Crippen LogP contribution in [0.25, 0.3) is 4.85 Å². The van der Waals surface area contributed by atoms with Gasteiger partial charge in [0.25, 0.3) is 5.69 Å². The highest BCUT2D eigenvalue weighted by molar-refractivity contribution is 5.58. The topological polar surface area (TPSA) is 13.6 Å². The predicted molar refractivity (Wildman–Crippen MR) is 60.1 cm³/mol. The third-order valence-corrected chi connectivity index (χ3v) is 3.01. The molecule has 0 atom stereocenters. The normalized spacial score (nSPS) is 16.0. The average molecular weight is 219 g/mol. The number of benzene rings is 1. The van der Waals surface area contributed by atoms with Crippen molar-refractivity contribution in [3.8, 4) is 5.75 Å². The largest absolute Gasteiger partial charge is 0.504 e. The van der Waals surface area contributed by atoms with E-state index in [1.807, 2.05) is 0 Å². The van der Waals surface area contributed by atoms with Gasteiger partial charge in [-0.25, -0.2) is 9.24 Å². The molecule has 84 valence electrons. The van der Waals surface area contributed by atoms with Crippen molar-refractivity contribution >= 4 is 5.69 Å². The van der Waals surface area contributed by atoms with Crippen LogP contribution in [0.15, 0.2) is 18.2 Å². The van der Waals surface area contributed by atoms with E-state index < -0.39 is 5.82 Å². The molecule has 0 amide bonds. The maximum Gasteiger partial charge on any atom is 0.262 e. The molecule has 1 fully saturated rings. The number of halogens is 1. The van der Waals surface area contributed by atoms with Gasteiger partial charge in [-0.1, -0.05) is 18.9 Å². The highest BCUT2D eigenvalue weighted by Gasteiger charge is 2.17. The Hall–Kier alpha value is -1.56. The molecular weight excluding hydrogens is 205 g/mol. The molecule has 0 bridgehead atoms. The minimum absolute atomic E-state index is 0.000460. The van der Waals surface area contributed by atoms with Gasteiger partial charge < -0.3 is 4.74 Å². The molecule has 2 nitrogen and oxygen atoms in total. The Morgan fingerprint density at radius 1 is 1.38 bits per heavy atom. The van der Waals surface area contributed by atoms with Crippen LogP contribution in [0.1, 0.15) is 25.7 Å². The third-order valence-electron chi connectivity index (χ3n) is 3.01. The molecule has 0 saturated heterocycles. The standard InChI is InChI=1S/C13H14FNO/c1-15-13-11(14)7-4-8-12(13)16-9-10-5-2-3-6-10/h4,7-8,10H,2-3,5-6,9H2. The van der Waals surface area contributed by atoms with E-state index in [2.05, 4.69) is 4.85 Å². The zero-order valence-electron chi connectivity index (χ0n) is 9.08. The Labute approximate surface area is 94.9 Å². The van der Waals surface area contributed by atoms with Crippen molar-refractivity contribution < 1.29 is 9.13 Å². The minimum atomic E-state index is -0.501. The lowest BCUT2D eigenvalue weighted by Gasteiger charge is -2.12. The molecule has 1 aromatic rings. The van der Waals surface area contributed by atoms with Gasteiger partial charge in [0.1, 0.15) is 11.6 Å². The lowest BCUT2D eigenvalue weighted by Crippen LogP contribution is -2.08. The van der Waals surface area contributed by atoms with Crippen molar-refractivity contribution in [2.24, 2.45) is 5.92 Å². The summed E-state index contributed by atoms with van der Waals surface area (Å²) in [5, 5.41) is 0. The lowest BCUT2D eigenvalue weighted by molar-refractivity contribution is 0.253. The Kier molecular flexibility index (Phi) is 3.40. The van der Waals surface area contributed by atoms with Crippen LogP contribution >= 0.6 is 0 Å². The molecule has 0 unspecified atom stereocenters. The molecule has 0 heterocycles. The molecule has 0 N–H and O–H groups in total. The second-order valence-corrected chi connectivity index (χ2v) is 4.16. The fourth-order valence-corrected chi connectivity index (χ4v) is 2.11. The molecule has 1 aliphatic carbocycles. The quantitative estimate of drug-likeness (QED) is 0.702. The highest BCUT2D eigenvalue weighted by Crippen LogP contribution is 2.32. The Balaban J connectivity index is 2.03. The van der Waals surface area contributed by atoms with Gasteiger partial charge in [-0.15, -0.1) is 0 Å². The van der Waals surface area contributed by atoms with Gasteiger partial charge >= 0.3 is 0 Å². The van der Waals surface area contributed by atoms with Gasteiger partial charge in [0.15, 0.2) is 0 Å². The van der Waals surface area contributed by atoms with Gasteiger partial charge in [0, 0.05) is 0 Å². The van der Waals surface area contributed by atoms with Crippen molar-refractivity contribution in [3.05, 3.63) is 35.4 Å². The van der Waals surface area contributed by atoms with Gasteiger partial charge in [0.2, 0.25) is 0 Å². The molecule has 1 saturated carbocycles. The SMILES string of the molecule is [C-]#[N+]c1c(F)cccc1OCC1CCCC1. The molecule has 1 aromatic carbocycles. The maximum atomic E-state index is 13.3. The average Bonchev–Trinajstić information content (AvgIpc) is 2.79. The minimum Gasteiger partial charge on any atom is -0.504 e. The number of ether oxygens (including phenoxy) is 1. The van der Waals surface area contributed by atoms with Gasteiger partial charge in [-0.05, 0) is 30.9 Å². The molecule has 2 rings (SSSR count). The van der Waals surface area contributed by atoms with Crippen molar-refractivity contribution in [3.63, 3.8) is 0 Å². The zero-order chi connectivity index (χ0) is 11.4. The Morgan fingerprint density at radius 3 is 2.81 bits per heavy atom. The van der Waals surface area contributed by atoms with Crippen molar-refractivity contribution in [2.75, 3.05) is 6.61 Å². The Bertz CT molecular complexity index is 405. The number of para-hydroxylation sites is 1. The maximum absolute atomic E-state index is 13.3. The first kappa shape index (κ1) is 10.9. The van der Waals surface area contributed by atoms with Crippen LogP contribution in [-0.4, -0.2) is 6.61 Å². The fourth-order valence-electron chi connectivity index (χ4n) is 2.11. The summed E-state index contributed by atoms with van der Waals surface area (Å²) in [7, 11) is 0. The highest BCUT2D eigenvalue weighted by atomic mass is 19.1. The summed E-state index contributed by atoms with van der Waals surface area (Å²) in [6.07, 6.45) is 4.88. The van der Waals surface area contributed by atoms with Crippen LogP contribution in [-0.2, 0) is 0 Å². The van der Waals surface area contributed by atoms with Gasteiger partial charge in [-0.3, -0.25) is 0 Å². The van der Waals surface area contributed by atoms with E-state index in [0.717, 1.165) is 0 Å². The summed E-state index contributed by atoms with van der Waals surface area (Å²) in [5.74, 6) is 0.447. The van der Waals surface area contributed by atoms with Crippen LogP contribution in [0.2, 0.25) is 0 Å². The molecule has 3 heteroatoms. The molecule has 0 spiro atoms. The van der Waals surface area contributed by atoms with Gasteiger partial charge in [-0.2, -0.15) is 0 Å². The van der Waals surface area contributed by atoms with E-state index in [1.54, 1.807) is 12.1 Å². The summed E-state index contributed by atoms with van der Waals surface area (Å²) < 4.78 is 18.8. The van der Waals surface area contributed by atoms with E-state index in [-0.39, 0.29) is 5.69 Å². The second-order valence-electron chi connectivity index (χ2n) is 4.16.